The van der Waals surface area contributed by atoms with Gasteiger partial charge in [0.1, 0.15) is 11.6 Å². The molecule has 2 N–H and O–H groups in total. The van der Waals surface area contributed by atoms with E-state index in [-0.39, 0.29) is 12.5 Å². The third-order valence-corrected chi connectivity index (χ3v) is 4.35. The van der Waals surface area contributed by atoms with Crippen molar-refractivity contribution in [3.63, 3.8) is 0 Å². The van der Waals surface area contributed by atoms with E-state index in [9.17, 15) is 14.0 Å². The Morgan fingerprint density at radius 1 is 0.929 bits per heavy atom. The summed E-state index contributed by atoms with van der Waals surface area (Å²) in [5, 5.41) is 5.44. The molecular formula is C21H16BrFN2O3. The molecule has 0 radical (unpaired) electrons. The lowest BCUT2D eigenvalue weighted by molar-refractivity contribution is -0.118. The number of nitrogens with one attached hydrogen (secondary N) is 2. The van der Waals surface area contributed by atoms with Gasteiger partial charge in [-0.15, -0.1) is 0 Å². The third-order valence-electron chi connectivity index (χ3n) is 3.73. The molecule has 2 amide bonds. The van der Waals surface area contributed by atoms with Crippen LogP contribution in [0.4, 0.5) is 15.8 Å². The Kier molecular flexibility index (Phi) is 6.39. The second kappa shape index (κ2) is 9.14. The number of hydrogen-bond acceptors (Lipinski definition) is 3. The largest absolute Gasteiger partial charge is 0.483 e. The van der Waals surface area contributed by atoms with Gasteiger partial charge in [-0.2, -0.15) is 0 Å². The number of para-hydroxylation sites is 2. The normalized spacial score (nSPS) is 10.2. The number of rotatable bonds is 6. The number of carbonyl (C=O) groups is 2. The van der Waals surface area contributed by atoms with Crippen LogP contribution >= 0.6 is 15.9 Å². The van der Waals surface area contributed by atoms with Gasteiger partial charge < -0.3 is 15.4 Å². The predicted octanol–water partition coefficient (Wildman–Crippen LogP) is 4.86. The van der Waals surface area contributed by atoms with E-state index in [4.69, 9.17) is 4.74 Å². The Bertz CT molecular complexity index is 996. The predicted molar refractivity (Wildman–Crippen MR) is 109 cm³/mol. The van der Waals surface area contributed by atoms with E-state index < -0.39 is 11.7 Å². The first kappa shape index (κ1) is 19.6. The minimum Gasteiger partial charge on any atom is -0.483 e. The smallest absolute Gasteiger partial charge is 0.262 e. The number of amides is 2. The zero-order valence-electron chi connectivity index (χ0n) is 14.6. The van der Waals surface area contributed by atoms with Gasteiger partial charge in [0.15, 0.2) is 6.61 Å². The van der Waals surface area contributed by atoms with Crippen molar-refractivity contribution in [3.8, 4) is 5.75 Å². The topological polar surface area (TPSA) is 67.4 Å². The average molecular weight is 443 g/mol. The summed E-state index contributed by atoms with van der Waals surface area (Å²) in [6.45, 7) is -0.293. The van der Waals surface area contributed by atoms with E-state index in [2.05, 4.69) is 26.6 Å². The molecule has 0 heterocycles. The summed E-state index contributed by atoms with van der Waals surface area (Å²) in [5.41, 5.74) is 1.34. The van der Waals surface area contributed by atoms with Crippen LogP contribution in [0.15, 0.2) is 77.3 Å². The van der Waals surface area contributed by atoms with Gasteiger partial charge in [0, 0.05) is 5.69 Å². The monoisotopic (exact) mass is 442 g/mol. The first-order valence-corrected chi connectivity index (χ1v) is 9.15. The summed E-state index contributed by atoms with van der Waals surface area (Å²) in [5.74, 6) is -0.867. The molecule has 0 fully saturated rings. The van der Waals surface area contributed by atoms with Crippen molar-refractivity contribution in [2.24, 2.45) is 0 Å². The van der Waals surface area contributed by atoms with Crippen molar-refractivity contribution in [3.05, 3.63) is 88.6 Å². The molecule has 0 bridgehead atoms. The van der Waals surface area contributed by atoms with E-state index in [1.807, 2.05) is 18.2 Å². The molecule has 0 aliphatic heterocycles. The Balaban J connectivity index is 1.65. The average Bonchev–Trinajstić information content (AvgIpc) is 2.68. The van der Waals surface area contributed by atoms with Crippen LogP contribution in [0.2, 0.25) is 0 Å². The van der Waals surface area contributed by atoms with Gasteiger partial charge in [0.2, 0.25) is 0 Å². The van der Waals surface area contributed by atoms with Crippen molar-refractivity contribution in [1.29, 1.82) is 0 Å². The van der Waals surface area contributed by atoms with E-state index in [0.717, 1.165) is 0 Å². The van der Waals surface area contributed by atoms with Gasteiger partial charge in [-0.05, 0) is 58.4 Å². The molecule has 3 aromatic carbocycles. The molecule has 0 aliphatic carbocycles. The molecule has 3 aromatic rings. The quantitative estimate of drug-likeness (QED) is 0.572. The van der Waals surface area contributed by atoms with Crippen molar-refractivity contribution >= 4 is 39.1 Å². The van der Waals surface area contributed by atoms with Crippen LogP contribution in [0.1, 0.15) is 10.4 Å². The Morgan fingerprint density at radius 2 is 1.64 bits per heavy atom. The lowest BCUT2D eigenvalue weighted by Crippen LogP contribution is -2.23. The van der Waals surface area contributed by atoms with E-state index in [1.54, 1.807) is 36.4 Å². The van der Waals surface area contributed by atoms with Crippen LogP contribution in [-0.4, -0.2) is 18.4 Å². The highest BCUT2D eigenvalue weighted by molar-refractivity contribution is 9.10. The van der Waals surface area contributed by atoms with Crippen LogP contribution in [0, 0.1) is 5.82 Å². The van der Waals surface area contributed by atoms with Crippen LogP contribution in [0.25, 0.3) is 0 Å². The molecule has 28 heavy (non-hydrogen) atoms. The fourth-order valence-electron chi connectivity index (χ4n) is 2.43. The van der Waals surface area contributed by atoms with Crippen molar-refractivity contribution in [1.82, 2.24) is 0 Å². The minimum atomic E-state index is -0.448. The van der Waals surface area contributed by atoms with Gasteiger partial charge in [-0.3, -0.25) is 9.59 Å². The number of carbonyl (C=O) groups excluding carboxylic acids is 2. The number of hydrogen-bond donors (Lipinski definition) is 2. The molecule has 0 unspecified atom stereocenters. The van der Waals surface area contributed by atoms with Gasteiger partial charge in [0.05, 0.1) is 15.7 Å². The fourth-order valence-corrected chi connectivity index (χ4v) is 2.90. The molecular weight excluding hydrogens is 427 g/mol. The summed E-state index contributed by atoms with van der Waals surface area (Å²) in [6, 6.07) is 19.6. The fraction of sp³-hybridized carbons (Fsp3) is 0.0476. The highest BCUT2D eigenvalue weighted by Crippen LogP contribution is 2.25. The van der Waals surface area contributed by atoms with Crippen LogP contribution in [0.5, 0.6) is 5.75 Å². The van der Waals surface area contributed by atoms with Crippen molar-refractivity contribution in [2.75, 3.05) is 17.2 Å². The van der Waals surface area contributed by atoms with E-state index >= 15 is 0 Å². The Labute approximate surface area is 169 Å². The van der Waals surface area contributed by atoms with Crippen molar-refractivity contribution < 1.29 is 18.7 Å². The first-order valence-electron chi connectivity index (χ1n) is 8.36. The van der Waals surface area contributed by atoms with Gasteiger partial charge in [-0.1, -0.05) is 30.3 Å². The number of ether oxygens (including phenoxy) is 1. The highest BCUT2D eigenvalue weighted by atomic mass is 79.9. The van der Waals surface area contributed by atoms with Gasteiger partial charge in [0.25, 0.3) is 11.8 Å². The van der Waals surface area contributed by atoms with Gasteiger partial charge in [-0.25, -0.2) is 4.39 Å². The SMILES string of the molecule is O=C(COc1ccc(F)cc1Br)Nc1ccccc1C(=O)Nc1ccccc1. The summed E-state index contributed by atoms with van der Waals surface area (Å²) in [7, 11) is 0. The highest BCUT2D eigenvalue weighted by Gasteiger charge is 2.14. The molecule has 0 atom stereocenters. The zero-order chi connectivity index (χ0) is 19.9. The van der Waals surface area contributed by atoms with Gasteiger partial charge >= 0.3 is 0 Å². The van der Waals surface area contributed by atoms with E-state index in [1.165, 1.54) is 18.2 Å². The standard InChI is InChI=1S/C21H16BrFN2O3/c22-17-12-14(23)10-11-19(17)28-13-20(26)25-18-9-5-4-8-16(18)21(27)24-15-6-2-1-3-7-15/h1-12H,13H2,(H,24,27)(H,25,26). The molecule has 5 nitrogen and oxygen atoms in total. The number of anilines is 2. The zero-order valence-corrected chi connectivity index (χ0v) is 16.2. The lowest BCUT2D eigenvalue weighted by atomic mass is 10.1. The molecule has 0 aromatic heterocycles. The maximum Gasteiger partial charge on any atom is 0.262 e. The summed E-state index contributed by atoms with van der Waals surface area (Å²) < 4.78 is 18.9. The number of halogens is 2. The summed E-state index contributed by atoms with van der Waals surface area (Å²) in [6.07, 6.45) is 0. The maximum atomic E-state index is 13.1. The summed E-state index contributed by atoms with van der Waals surface area (Å²) in [4.78, 5) is 24.8. The maximum absolute atomic E-state index is 13.1. The second-order valence-corrected chi connectivity index (χ2v) is 6.63. The number of benzene rings is 3. The van der Waals surface area contributed by atoms with Crippen LogP contribution in [-0.2, 0) is 4.79 Å². The molecule has 142 valence electrons. The van der Waals surface area contributed by atoms with E-state index in [0.29, 0.717) is 27.2 Å². The van der Waals surface area contributed by atoms with Crippen LogP contribution in [0.3, 0.4) is 0 Å². The molecule has 0 spiro atoms. The minimum absolute atomic E-state index is 0.293. The van der Waals surface area contributed by atoms with Crippen LogP contribution < -0.4 is 15.4 Å². The summed E-state index contributed by atoms with van der Waals surface area (Å²) >= 11 is 3.18. The molecule has 3 rings (SSSR count). The first-order chi connectivity index (χ1) is 13.5. The molecule has 7 heteroatoms. The Hall–Kier alpha value is -3.19. The molecule has 0 saturated heterocycles. The molecule has 0 aliphatic rings. The molecule has 0 saturated carbocycles. The second-order valence-electron chi connectivity index (χ2n) is 5.78. The lowest BCUT2D eigenvalue weighted by Gasteiger charge is -2.12. The van der Waals surface area contributed by atoms with Crippen molar-refractivity contribution in [2.45, 2.75) is 0 Å². The Morgan fingerprint density at radius 3 is 2.39 bits per heavy atom. The third kappa shape index (κ3) is 5.17.